The summed E-state index contributed by atoms with van der Waals surface area (Å²) in [7, 11) is 0. The van der Waals surface area contributed by atoms with E-state index in [0.717, 1.165) is 37.9 Å². The number of nitriles is 1. The minimum absolute atomic E-state index is 0.0130. The highest BCUT2D eigenvalue weighted by atomic mass is 16.6. The summed E-state index contributed by atoms with van der Waals surface area (Å²) in [5.74, 6) is -0.517. The lowest BCUT2D eigenvalue weighted by atomic mass is 10.1. The molecule has 7 heteroatoms. The second-order valence-electron chi connectivity index (χ2n) is 7.33. The van der Waals surface area contributed by atoms with Gasteiger partial charge in [0.2, 0.25) is 0 Å². The molecule has 0 aromatic heterocycles. The molecule has 0 radical (unpaired) electrons. The third-order valence-corrected chi connectivity index (χ3v) is 5.22. The van der Waals surface area contributed by atoms with E-state index in [1.54, 1.807) is 12.1 Å². The number of rotatable bonds is 6. The molecule has 1 atom stereocenters. The number of nitro benzene ring substituents is 1. The van der Waals surface area contributed by atoms with Gasteiger partial charge in [-0.15, -0.1) is 0 Å². The van der Waals surface area contributed by atoms with Crippen LogP contribution in [0.25, 0.3) is 6.08 Å². The largest absolute Gasteiger partial charge is 0.366 e. The summed E-state index contributed by atoms with van der Waals surface area (Å²) in [6.45, 7) is 3.42. The van der Waals surface area contributed by atoms with Crippen LogP contribution >= 0.6 is 0 Å². The van der Waals surface area contributed by atoms with Crippen molar-refractivity contribution < 1.29 is 9.72 Å². The van der Waals surface area contributed by atoms with Gasteiger partial charge in [-0.1, -0.05) is 36.4 Å². The predicted molar refractivity (Wildman–Crippen MR) is 116 cm³/mol. The lowest BCUT2D eigenvalue weighted by molar-refractivity contribution is -0.384. The fraction of sp³-hybridized carbons (Fsp3) is 0.304. The van der Waals surface area contributed by atoms with Gasteiger partial charge in [-0.2, -0.15) is 5.26 Å². The third-order valence-electron chi connectivity index (χ3n) is 5.22. The molecule has 1 heterocycles. The standard InChI is InChI=1S/C23H24N4O3/c1-17(19-8-4-2-5-9-19)25-23(28)20(16-24)14-18-10-11-21(22(15-18)27(29)30)26-12-6-3-7-13-26/h2,4-5,8-11,14-15,17H,3,6-7,12-13H2,1H3,(H,25,28)/b20-14-/t17-/m0/s1. The Bertz CT molecular complexity index is 989. The summed E-state index contributed by atoms with van der Waals surface area (Å²) < 4.78 is 0. The fourth-order valence-electron chi connectivity index (χ4n) is 3.59. The van der Waals surface area contributed by atoms with Crippen molar-refractivity contribution in [3.8, 4) is 6.07 Å². The Morgan fingerprint density at radius 3 is 2.53 bits per heavy atom. The van der Waals surface area contributed by atoms with Gasteiger partial charge in [0, 0.05) is 19.2 Å². The molecule has 1 amide bonds. The van der Waals surface area contributed by atoms with Gasteiger partial charge < -0.3 is 10.2 Å². The Kier molecular flexibility index (Phi) is 6.81. The number of hydrogen-bond donors (Lipinski definition) is 1. The molecule has 0 saturated carbocycles. The van der Waals surface area contributed by atoms with E-state index < -0.39 is 10.8 Å². The molecule has 0 aliphatic carbocycles. The minimum Gasteiger partial charge on any atom is -0.366 e. The zero-order valence-corrected chi connectivity index (χ0v) is 16.9. The highest BCUT2D eigenvalue weighted by Crippen LogP contribution is 2.32. The molecule has 1 aliphatic rings. The molecule has 3 rings (SSSR count). The number of nitrogens with zero attached hydrogens (tertiary/aromatic N) is 3. The van der Waals surface area contributed by atoms with Crippen molar-refractivity contribution in [2.75, 3.05) is 18.0 Å². The van der Waals surface area contributed by atoms with Crippen LogP contribution in [0.3, 0.4) is 0 Å². The number of carbonyl (C=O) groups excluding carboxylic acids is 1. The maximum atomic E-state index is 12.6. The van der Waals surface area contributed by atoms with Crippen LogP contribution in [0.5, 0.6) is 0 Å². The maximum Gasteiger partial charge on any atom is 0.293 e. The van der Waals surface area contributed by atoms with Gasteiger partial charge in [0.25, 0.3) is 11.6 Å². The van der Waals surface area contributed by atoms with Crippen molar-refractivity contribution in [2.24, 2.45) is 0 Å². The van der Waals surface area contributed by atoms with Gasteiger partial charge >= 0.3 is 0 Å². The summed E-state index contributed by atoms with van der Waals surface area (Å²) in [4.78, 5) is 25.8. The molecule has 2 aromatic carbocycles. The number of nitro groups is 1. The first-order valence-electron chi connectivity index (χ1n) is 10.0. The van der Waals surface area contributed by atoms with Gasteiger partial charge in [-0.05, 0) is 49.5 Å². The molecule has 1 saturated heterocycles. The fourth-order valence-corrected chi connectivity index (χ4v) is 3.59. The minimum atomic E-state index is -0.517. The number of anilines is 1. The monoisotopic (exact) mass is 404 g/mol. The Morgan fingerprint density at radius 2 is 1.90 bits per heavy atom. The Morgan fingerprint density at radius 1 is 1.20 bits per heavy atom. The summed E-state index contributed by atoms with van der Waals surface area (Å²) >= 11 is 0. The van der Waals surface area contributed by atoms with E-state index in [4.69, 9.17) is 0 Å². The number of hydrogen-bond acceptors (Lipinski definition) is 5. The lowest BCUT2D eigenvalue weighted by Gasteiger charge is -2.28. The van der Waals surface area contributed by atoms with E-state index in [-0.39, 0.29) is 17.3 Å². The van der Waals surface area contributed by atoms with Crippen LogP contribution in [-0.2, 0) is 4.79 Å². The van der Waals surface area contributed by atoms with E-state index >= 15 is 0 Å². The molecule has 1 fully saturated rings. The highest BCUT2D eigenvalue weighted by Gasteiger charge is 2.22. The van der Waals surface area contributed by atoms with Gasteiger partial charge in [0.1, 0.15) is 17.3 Å². The molecule has 30 heavy (non-hydrogen) atoms. The smallest absolute Gasteiger partial charge is 0.293 e. The van der Waals surface area contributed by atoms with Gasteiger partial charge in [0.15, 0.2) is 0 Å². The number of amides is 1. The first-order valence-corrected chi connectivity index (χ1v) is 10.0. The Hall–Kier alpha value is -3.66. The predicted octanol–water partition coefficient (Wildman–Crippen LogP) is 4.37. The number of benzene rings is 2. The Balaban J connectivity index is 1.82. The number of piperidine rings is 1. The molecular formula is C23H24N4O3. The zero-order chi connectivity index (χ0) is 21.5. The summed E-state index contributed by atoms with van der Waals surface area (Å²) in [6.07, 6.45) is 4.54. The van der Waals surface area contributed by atoms with Gasteiger partial charge in [0.05, 0.1) is 11.0 Å². The highest BCUT2D eigenvalue weighted by molar-refractivity contribution is 6.02. The summed E-state index contributed by atoms with van der Waals surface area (Å²) in [5.41, 5.74) is 1.84. The SMILES string of the molecule is C[C@H](NC(=O)/C(C#N)=C\c1ccc(N2CCCCC2)c([N+](=O)[O-])c1)c1ccccc1. The second-order valence-corrected chi connectivity index (χ2v) is 7.33. The first kappa shape index (κ1) is 21.1. The molecular weight excluding hydrogens is 380 g/mol. The van der Waals surface area contributed by atoms with Gasteiger partial charge in [-0.25, -0.2) is 0 Å². The average Bonchev–Trinajstić information content (AvgIpc) is 2.78. The van der Waals surface area contributed by atoms with Crippen molar-refractivity contribution in [1.29, 1.82) is 5.26 Å². The molecule has 0 unspecified atom stereocenters. The average molecular weight is 404 g/mol. The first-order chi connectivity index (χ1) is 14.5. The van der Waals surface area contributed by atoms with Crippen LogP contribution in [0.2, 0.25) is 0 Å². The quantitative estimate of drug-likeness (QED) is 0.334. The second kappa shape index (κ2) is 9.70. The summed E-state index contributed by atoms with van der Waals surface area (Å²) in [6, 6.07) is 15.9. The maximum absolute atomic E-state index is 12.6. The molecule has 0 bridgehead atoms. The van der Waals surface area contributed by atoms with Crippen LogP contribution in [-0.4, -0.2) is 23.9 Å². The topological polar surface area (TPSA) is 99.3 Å². The van der Waals surface area contributed by atoms with E-state index in [1.165, 1.54) is 12.1 Å². The Labute approximate surface area is 175 Å². The van der Waals surface area contributed by atoms with Crippen LogP contribution in [0.15, 0.2) is 54.1 Å². The van der Waals surface area contributed by atoms with E-state index in [9.17, 15) is 20.2 Å². The molecule has 2 aromatic rings. The number of nitrogens with one attached hydrogen (secondary N) is 1. The van der Waals surface area contributed by atoms with Crippen molar-refractivity contribution in [2.45, 2.75) is 32.2 Å². The van der Waals surface area contributed by atoms with Crippen LogP contribution < -0.4 is 10.2 Å². The summed E-state index contributed by atoms with van der Waals surface area (Å²) in [5, 5.41) is 23.9. The lowest BCUT2D eigenvalue weighted by Crippen LogP contribution is -2.29. The van der Waals surface area contributed by atoms with E-state index in [1.807, 2.05) is 48.2 Å². The van der Waals surface area contributed by atoms with Crippen LogP contribution in [0.1, 0.15) is 43.4 Å². The molecule has 0 spiro atoms. The van der Waals surface area contributed by atoms with Crippen molar-refractivity contribution in [1.82, 2.24) is 5.32 Å². The third kappa shape index (κ3) is 5.03. The molecule has 7 nitrogen and oxygen atoms in total. The van der Waals surface area contributed by atoms with E-state index in [2.05, 4.69) is 5.32 Å². The normalized spacial score (nSPS) is 15.2. The van der Waals surface area contributed by atoms with Crippen LogP contribution in [0.4, 0.5) is 11.4 Å². The van der Waals surface area contributed by atoms with Crippen LogP contribution in [0, 0.1) is 21.4 Å². The van der Waals surface area contributed by atoms with Gasteiger partial charge in [-0.3, -0.25) is 14.9 Å². The van der Waals surface area contributed by atoms with E-state index in [0.29, 0.717) is 11.3 Å². The van der Waals surface area contributed by atoms with Crippen molar-refractivity contribution in [3.05, 3.63) is 75.3 Å². The molecule has 1 N–H and O–H groups in total. The van der Waals surface area contributed by atoms with Crippen molar-refractivity contribution >= 4 is 23.4 Å². The molecule has 154 valence electrons. The number of carbonyl (C=O) groups is 1. The molecule has 1 aliphatic heterocycles. The zero-order valence-electron chi connectivity index (χ0n) is 16.9. The van der Waals surface area contributed by atoms with Crippen molar-refractivity contribution in [3.63, 3.8) is 0 Å².